The van der Waals surface area contributed by atoms with Gasteiger partial charge in [0.15, 0.2) is 5.09 Å². The molecule has 118 valence electrons. The summed E-state index contributed by atoms with van der Waals surface area (Å²) in [6.45, 7) is 2.35. The number of furan rings is 1. The van der Waals surface area contributed by atoms with Crippen molar-refractivity contribution in [1.82, 2.24) is 4.90 Å². The Kier molecular flexibility index (Phi) is 5.27. The van der Waals surface area contributed by atoms with E-state index in [1.807, 2.05) is 11.8 Å². The Hall–Kier alpha value is -0.490. The normalized spacial score (nSPS) is 28.9. The van der Waals surface area contributed by atoms with Crippen molar-refractivity contribution in [3.8, 4) is 0 Å². The molecule has 5 heteroatoms. The lowest BCUT2D eigenvalue weighted by Crippen LogP contribution is -2.50. The molecule has 0 aromatic carbocycles. The van der Waals surface area contributed by atoms with E-state index in [1.54, 1.807) is 0 Å². The molecule has 21 heavy (non-hydrogen) atoms. The third-order valence-electron chi connectivity index (χ3n) is 4.57. The van der Waals surface area contributed by atoms with Gasteiger partial charge in [0.05, 0.1) is 12.6 Å². The molecule has 3 N–H and O–H groups in total. The van der Waals surface area contributed by atoms with E-state index in [1.165, 1.54) is 32.1 Å². The number of β-amino-alcohol motifs (C(OH)–C–C–N with tert-alkyl or cyclic N) is 1. The molecular formula is C16H26N2O2S. The third-order valence-corrected chi connectivity index (χ3v) is 5.83. The van der Waals surface area contributed by atoms with Gasteiger partial charge in [-0.25, -0.2) is 0 Å². The minimum absolute atomic E-state index is 0.0738. The highest BCUT2D eigenvalue weighted by Crippen LogP contribution is 2.34. The molecule has 1 saturated heterocycles. The third kappa shape index (κ3) is 4.25. The summed E-state index contributed by atoms with van der Waals surface area (Å²) in [5.41, 5.74) is 5.84. The fourth-order valence-electron chi connectivity index (χ4n) is 3.23. The van der Waals surface area contributed by atoms with Crippen LogP contribution in [0, 0.1) is 0 Å². The second-order valence-electron chi connectivity index (χ2n) is 6.35. The lowest BCUT2D eigenvalue weighted by molar-refractivity contribution is 0.0464. The molecule has 2 fully saturated rings. The average Bonchev–Trinajstić information content (AvgIpc) is 2.91. The molecule has 2 atom stereocenters. The number of thioether (sulfide) groups is 1. The first-order valence-corrected chi connectivity index (χ1v) is 9.00. The van der Waals surface area contributed by atoms with Crippen molar-refractivity contribution in [2.45, 2.75) is 67.6 Å². The van der Waals surface area contributed by atoms with Gasteiger partial charge < -0.3 is 15.3 Å². The van der Waals surface area contributed by atoms with Crippen molar-refractivity contribution in [2.24, 2.45) is 5.73 Å². The van der Waals surface area contributed by atoms with Gasteiger partial charge in [-0.1, -0.05) is 31.0 Å². The van der Waals surface area contributed by atoms with E-state index in [2.05, 4.69) is 17.0 Å². The molecule has 1 aromatic heterocycles. The zero-order valence-corrected chi connectivity index (χ0v) is 13.4. The zero-order valence-electron chi connectivity index (χ0n) is 12.5. The molecule has 3 rings (SSSR count). The van der Waals surface area contributed by atoms with Gasteiger partial charge in [0.25, 0.3) is 0 Å². The molecule has 0 radical (unpaired) electrons. The molecule has 1 aromatic rings. The Balaban J connectivity index is 1.50. The highest BCUT2D eigenvalue weighted by atomic mass is 32.2. The molecule has 1 saturated carbocycles. The van der Waals surface area contributed by atoms with Crippen LogP contribution in [0.2, 0.25) is 0 Å². The van der Waals surface area contributed by atoms with Crippen molar-refractivity contribution in [3.05, 3.63) is 17.9 Å². The fraction of sp³-hybridized carbons (Fsp3) is 0.750. The quantitative estimate of drug-likeness (QED) is 0.895. The maximum absolute atomic E-state index is 9.85. The van der Waals surface area contributed by atoms with Gasteiger partial charge in [-0.3, -0.25) is 4.90 Å². The van der Waals surface area contributed by atoms with Crippen LogP contribution in [0.5, 0.6) is 0 Å². The van der Waals surface area contributed by atoms with Crippen LogP contribution in [-0.4, -0.2) is 40.5 Å². The summed E-state index contributed by atoms with van der Waals surface area (Å²) in [5, 5.41) is 11.6. The van der Waals surface area contributed by atoms with Crippen molar-refractivity contribution in [2.75, 3.05) is 13.1 Å². The van der Waals surface area contributed by atoms with E-state index in [0.717, 1.165) is 35.6 Å². The Morgan fingerprint density at radius 3 is 2.81 bits per heavy atom. The highest BCUT2D eigenvalue weighted by molar-refractivity contribution is 7.99. The molecule has 1 aliphatic heterocycles. The minimum atomic E-state index is -0.412. The molecule has 2 unspecified atom stereocenters. The maximum atomic E-state index is 9.85. The van der Waals surface area contributed by atoms with E-state index in [4.69, 9.17) is 10.2 Å². The van der Waals surface area contributed by atoms with E-state index < -0.39 is 6.10 Å². The molecule has 4 nitrogen and oxygen atoms in total. The summed E-state index contributed by atoms with van der Waals surface area (Å²) < 4.78 is 5.96. The van der Waals surface area contributed by atoms with Gasteiger partial charge in [0, 0.05) is 24.4 Å². The summed E-state index contributed by atoms with van der Waals surface area (Å²) in [5.74, 6) is 0.996. The molecule has 2 aliphatic rings. The summed E-state index contributed by atoms with van der Waals surface area (Å²) in [6.07, 6.45) is 7.18. The van der Waals surface area contributed by atoms with Crippen LogP contribution in [0.4, 0.5) is 0 Å². The molecule has 0 spiro atoms. The highest BCUT2D eigenvalue weighted by Gasteiger charge is 2.25. The Morgan fingerprint density at radius 1 is 1.24 bits per heavy atom. The van der Waals surface area contributed by atoms with E-state index >= 15 is 0 Å². The minimum Gasteiger partial charge on any atom is -0.454 e. The predicted octanol–water partition coefficient (Wildman–Crippen LogP) is 2.60. The van der Waals surface area contributed by atoms with Gasteiger partial charge in [-0.2, -0.15) is 0 Å². The largest absolute Gasteiger partial charge is 0.454 e. The first-order valence-electron chi connectivity index (χ1n) is 8.12. The Morgan fingerprint density at radius 2 is 2.05 bits per heavy atom. The number of piperidine rings is 1. The van der Waals surface area contributed by atoms with E-state index in [0.29, 0.717) is 6.54 Å². The number of aliphatic hydroxyl groups is 1. The lowest BCUT2D eigenvalue weighted by Gasteiger charge is -2.33. The van der Waals surface area contributed by atoms with Crippen LogP contribution in [0.3, 0.4) is 0 Å². The topological polar surface area (TPSA) is 62.6 Å². The summed E-state index contributed by atoms with van der Waals surface area (Å²) in [6, 6.07) is 4.10. The van der Waals surface area contributed by atoms with Gasteiger partial charge in [0.2, 0.25) is 0 Å². The standard InChI is InChI=1S/C16H26N2O2S/c17-14-8-9-18(11-15(14)19)10-12-6-7-16(20-12)21-13-4-2-1-3-5-13/h6-7,13-15,19H,1-5,8-11,17H2. The van der Waals surface area contributed by atoms with Crippen LogP contribution >= 0.6 is 11.8 Å². The first kappa shape index (κ1) is 15.4. The van der Waals surface area contributed by atoms with Crippen molar-refractivity contribution < 1.29 is 9.52 Å². The number of likely N-dealkylation sites (tertiary alicyclic amines) is 1. The van der Waals surface area contributed by atoms with E-state index in [-0.39, 0.29) is 6.04 Å². The lowest BCUT2D eigenvalue weighted by atomic mass is 10.0. The van der Waals surface area contributed by atoms with Crippen LogP contribution in [-0.2, 0) is 6.54 Å². The van der Waals surface area contributed by atoms with Crippen LogP contribution in [0.15, 0.2) is 21.6 Å². The van der Waals surface area contributed by atoms with Crippen LogP contribution in [0.1, 0.15) is 44.3 Å². The summed E-state index contributed by atoms with van der Waals surface area (Å²) in [4.78, 5) is 2.22. The fourth-order valence-corrected chi connectivity index (χ4v) is 4.43. The van der Waals surface area contributed by atoms with Gasteiger partial charge in [-0.15, -0.1) is 0 Å². The molecule has 1 aliphatic carbocycles. The number of aliphatic hydroxyl groups excluding tert-OH is 1. The monoisotopic (exact) mass is 310 g/mol. The van der Waals surface area contributed by atoms with Crippen LogP contribution in [0.25, 0.3) is 0 Å². The SMILES string of the molecule is NC1CCN(Cc2ccc(SC3CCCCC3)o2)CC1O. The first-order chi connectivity index (χ1) is 10.2. The van der Waals surface area contributed by atoms with E-state index in [9.17, 15) is 5.11 Å². The maximum Gasteiger partial charge on any atom is 0.160 e. The van der Waals surface area contributed by atoms with Crippen LogP contribution < -0.4 is 5.73 Å². The summed E-state index contributed by atoms with van der Waals surface area (Å²) in [7, 11) is 0. The number of hydrogen-bond acceptors (Lipinski definition) is 5. The number of nitrogens with zero attached hydrogens (tertiary/aromatic N) is 1. The molecule has 2 heterocycles. The Labute approximate surface area is 131 Å². The average molecular weight is 310 g/mol. The van der Waals surface area contributed by atoms with Gasteiger partial charge in [-0.05, 0) is 31.4 Å². The second-order valence-corrected chi connectivity index (χ2v) is 7.66. The molecular weight excluding hydrogens is 284 g/mol. The summed E-state index contributed by atoms with van der Waals surface area (Å²) >= 11 is 1.89. The predicted molar refractivity (Wildman–Crippen MR) is 85.3 cm³/mol. The molecule has 0 amide bonds. The second kappa shape index (κ2) is 7.18. The zero-order chi connectivity index (χ0) is 14.7. The smallest absolute Gasteiger partial charge is 0.160 e. The van der Waals surface area contributed by atoms with Crippen molar-refractivity contribution >= 4 is 11.8 Å². The molecule has 0 bridgehead atoms. The Bertz CT molecular complexity index is 445. The van der Waals surface area contributed by atoms with Gasteiger partial charge in [0.1, 0.15) is 5.76 Å². The van der Waals surface area contributed by atoms with Crippen molar-refractivity contribution in [1.29, 1.82) is 0 Å². The number of nitrogens with two attached hydrogens (primary N) is 1. The van der Waals surface area contributed by atoms with Crippen molar-refractivity contribution in [3.63, 3.8) is 0 Å². The number of hydrogen-bond donors (Lipinski definition) is 2. The number of rotatable bonds is 4. The van der Waals surface area contributed by atoms with Gasteiger partial charge >= 0.3 is 0 Å².